The van der Waals surface area contributed by atoms with Gasteiger partial charge in [0.05, 0.1) is 6.54 Å². The fourth-order valence-electron chi connectivity index (χ4n) is 2.15. The summed E-state index contributed by atoms with van der Waals surface area (Å²) in [5.74, 6) is -2.54. The molecule has 0 amide bonds. The Balaban J connectivity index is 2.23. The maximum absolute atomic E-state index is 13.3. The summed E-state index contributed by atoms with van der Waals surface area (Å²) < 4.78 is 27.6. The summed E-state index contributed by atoms with van der Waals surface area (Å²) in [6.07, 6.45) is 0.571. The van der Waals surface area contributed by atoms with Crippen LogP contribution in [0.4, 0.5) is 14.5 Å². The molecule has 0 aromatic heterocycles. The van der Waals surface area contributed by atoms with E-state index in [1.54, 1.807) is 4.90 Å². The summed E-state index contributed by atoms with van der Waals surface area (Å²) in [4.78, 5) is 1.78. The van der Waals surface area contributed by atoms with Gasteiger partial charge < -0.3 is 4.90 Å². The van der Waals surface area contributed by atoms with E-state index in [-0.39, 0.29) is 13.0 Å². The molecule has 0 saturated carbocycles. The second kappa shape index (κ2) is 4.32. The van der Waals surface area contributed by atoms with E-state index in [9.17, 15) is 8.78 Å². The molecule has 4 heteroatoms. The summed E-state index contributed by atoms with van der Waals surface area (Å²) in [7, 11) is 0. The van der Waals surface area contributed by atoms with Crippen LogP contribution in [0.15, 0.2) is 22.7 Å². The zero-order valence-electron chi connectivity index (χ0n) is 9.14. The monoisotopic (exact) mass is 289 g/mol. The van der Waals surface area contributed by atoms with E-state index in [0.717, 1.165) is 22.3 Å². The second-order valence-corrected chi connectivity index (χ2v) is 5.23. The Morgan fingerprint density at radius 3 is 2.75 bits per heavy atom. The van der Waals surface area contributed by atoms with E-state index in [0.29, 0.717) is 6.42 Å². The third-order valence-corrected chi connectivity index (χ3v) is 3.39. The molecule has 0 aliphatic carbocycles. The summed E-state index contributed by atoms with van der Waals surface area (Å²) in [5.41, 5.74) is 1.95. The van der Waals surface area contributed by atoms with Crippen molar-refractivity contribution in [2.75, 3.05) is 18.0 Å². The van der Waals surface area contributed by atoms with Crippen LogP contribution < -0.4 is 4.90 Å². The third-order valence-electron chi connectivity index (χ3n) is 2.89. The predicted octanol–water partition coefficient (Wildman–Crippen LogP) is 3.99. The Morgan fingerprint density at radius 2 is 2.12 bits per heavy atom. The molecule has 0 bridgehead atoms. The van der Waals surface area contributed by atoms with E-state index in [2.05, 4.69) is 15.9 Å². The minimum Gasteiger partial charge on any atom is -0.365 e. The van der Waals surface area contributed by atoms with Crippen LogP contribution in [-0.4, -0.2) is 19.0 Å². The van der Waals surface area contributed by atoms with Crippen LogP contribution in [0.3, 0.4) is 0 Å². The lowest BCUT2D eigenvalue weighted by Gasteiger charge is -2.35. The minimum absolute atomic E-state index is 0.0130. The quantitative estimate of drug-likeness (QED) is 0.756. The van der Waals surface area contributed by atoms with Gasteiger partial charge in [-0.25, -0.2) is 8.78 Å². The number of hydrogen-bond acceptors (Lipinski definition) is 1. The number of anilines is 1. The van der Waals surface area contributed by atoms with Crippen molar-refractivity contribution < 1.29 is 8.78 Å². The number of halogens is 3. The molecule has 1 aliphatic heterocycles. The van der Waals surface area contributed by atoms with Crippen molar-refractivity contribution in [2.45, 2.75) is 25.7 Å². The molecule has 1 aliphatic rings. The van der Waals surface area contributed by atoms with E-state index < -0.39 is 5.92 Å². The van der Waals surface area contributed by atoms with Crippen molar-refractivity contribution in [1.29, 1.82) is 0 Å². The Morgan fingerprint density at radius 1 is 1.38 bits per heavy atom. The summed E-state index contributed by atoms with van der Waals surface area (Å²) in [6, 6.07) is 5.76. The molecule has 2 rings (SSSR count). The Labute approximate surface area is 103 Å². The van der Waals surface area contributed by atoms with Gasteiger partial charge in [0.2, 0.25) is 0 Å². The summed E-state index contributed by atoms with van der Waals surface area (Å²) >= 11 is 3.38. The maximum Gasteiger partial charge on any atom is 0.265 e. The summed E-state index contributed by atoms with van der Waals surface area (Å²) in [6.45, 7) is 2.51. The molecule has 1 aromatic carbocycles. The number of piperidine rings is 1. The number of alkyl halides is 2. The molecule has 0 atom stereocenters. The molecule has 1 aromatic rings. The van der Waals surface area contributed by atoms with Gasteiger partial charge in [0.15, 0.2) is 0 Å². The minimum atomic E-state index is -2.54. The normalized spacial score (nSPS) is 19.9. The lowest BCUT2D eigenvalue weighted by Crippen LogP contribution is -2.42. The highest BCUT2D eigenvalue weighted by molar-refractivity contribution is 9.10. The van der Waals surface area contributed by atoms with Crippen LogP contribution >= 0.6 is 15.9 Å². The number of rotatable bonds is 1. The average molecular weight is 290 g/mol. The SMILES string of the molecule is Cc1cc(Br)ccc1N1CCCC(F)(F)C1. The first-order valence-electron chi connectivity index (χ1n) is 5.37. The molecule has 0 unspecified atom stereocenters. The molecule has 0 spiro atoms. The molecule has 0 radical (unpaired) electrons. The van der Waals surface area contributed by atoms with E-state index in [1.807, 2.05) is 25.1 Å². The van der Waals surface area contributed by atoms with Gasteiger partial charge in [-0.15, -0.1) is 0 Å². The topological polar surface area (TPSA) is 3.24 Å². The maximum atomic E-state index is 13.3. The number of nitrogens with zero attached hydrogens (tertiary/aromatic N) is 1. The number of hydrogen-bond donors (Lipinski definition) is 0. The molecule has 1 heterocycles. The first-order valence-corrected chi connectivity index (χ1v) is 6.16. The van der Waals surface area contributed by atoms with Crippen LogP contribution in [0.2, 0.25) is 0 Å². The number of aryl methyl sites for hydroxylation is 1. The van der Waals surface area contributed by atoms with Crippen LogP contribution in [0, 0.1) is 6.92 Å². The summed E-state index contributed by atoms with van der Waals surface area (Å²) in [5, 5.41) is 0. The zero-order valence-corrected chi connectivity index (χ0v) is 10.7. The van der Waals surface area contributed by atoms with Crippen molar-refractivity contribution in [3.8, 4) is 0 Å². The first kappa shape index (κ1) is 11.8. The van der Waals surface area contributed by atoms with Gasteiger partial charge in [-0.2, -0.15) is 0 Å². The standard InChI is InChI=1S/C12H14BrF2N/c1-9-7-10(13)3-4-11(9)16-6-2-5-12(14,15)8-16/h3-4,7H,2,5-6,8H2,1H3. The van der Waals surface area contributed by atoms with Crippen LogP contribution in [0.25, 0.3) is 0 Å². The van der Waals surface area contributed by atoms with Crippen molar-refractivity contribution in [1.82, 2.24) is 0 Å². The smallest absolute Gasteiger partial charge is 0.265 e. The Bertz CT molecular complexity index is 393. The highest BCUT2D eigenvalue weighted by Gasteiger charge is 2.35. The van der Waals surface area contributed by atoms with Crippen molar-refractivity contribution >= 4 is 21.6 Å². The van der Waals surface area contributed by atoms with Gasteiger partial charge in [-0.1, -0.05) is 15.9 Å². The van der Waals surface area contributed by atoms with Gasteiger partial charge in [0, 0.05) is 23.1 Å². The first-order chi connectivity index (χ1) is 7.48. The predicted molar refractivity (Wildman–Crippen MR) is 65.3 cm³/mol. The van der Waals surface area contributed by atoms with Crippen LogP contribution in [0.5, 0.6) is 0 Å². The fraction of sp³-hybridized carbons (Fsp3) is 0.500. The van der Waals surface area contributed by atoms with Gasteiger partial charge in [0.1, 0.15) is 0 Å². The van der Waals surface area contributed by atoms with Crippen molar-refractivity contribution in [3.05, 3.63) is 28.2 Å². The molecular weight excluding hydrogens is 276 g/mol. The van der Waals surface area contributed by atoms with Gasteiger partial charge >= 0.3 is 0 Å². The van der Waals surface area contributed by atoms with E-state index in [4.69, 9.17) is 0 Å². The van der Waals surface area contributed by atoms with Crippen LogP contribution in [0.1, 0.15) is 18.4 Å². The largest absolute Gasteiger partial charge is 0.365 e. The van der Waals surface area contributed by atoms with Crippen LogP contribution in [-0.2, 0) is 0 Å². The molecule has 88 valence electrons. The molecular formula is C12H14BrF2N. The average Bonchev–Trinajstić information content (AvgIpc) is 2.15. The Kier molecular flexibility index (Phi) is 3.19. The van der Waals surface area contributed by atoms with Gasteiger partial charge in [0.25, 0.3) is 5.92 Å². The molecule has 16 heavy (non-hydrogen) atoms. The third kappa shape index (κ3) is 2.54. The van der Waals surface area contributed by atoms with Crippen molar-refractivity contribution in [3.63, 3.8) is 0 Å². The highest BCUT2D eigenvalue weighted by atomic mass is 79.9. The van der Waals surface area contributed by atoms with E-state index >= 15 is 0 Å². The highest BCUT2D eigenvalue weighted by Crippen LogP contribution is 2.32. The Hall–Kier alpha value is -0.640. The molecule has 0 N–H and O–H groups in total. The lowest BCUT2D eigenvalue weighted by atomic mass is 10.1. The number of benzene rings is 1. The lowest BCUT2D eigenvalue weighted by molar-refractivity contribution is -0.0116. The fourth-order valence-corrected chi connectivity index (χ4v) is 2.62. The van der Waals surface area contributed by atoms with E-state index in [1.165, 1.54) is 0 Å². The second-order valence-electron chi connectivity index (χ2n) is 4.31. The molecule has 1 saturated heterocycles. The molecule has 1 nitrogen and oxygen atoms in total. The van der Waals surface area contributed by atoms with Crippen molar-refractivity contribution in [2.24, 2.45) is 0 Å². The van der Waals surface area contributed by atoms with Gasteiger partial charge in [-0.05, 0) is 37.1 Å². The zero-order chi connectivity index (χ0) is 11.8. The molecule has 1 fully saturated rings. The van der Waals surface area contributed by atoms with Gasteiger partial charge in [-0.3, -0.25) is 0 Å².